The number of rotatable bonds is 7. The number of nitrogens with zero attached hydrogens (tertiary/aromatic N) is 3. The van der Waals surface area contributed by atoms with Crippen LogP contribution in [0.15, 0.2) is 24.3 Å². The van der Waals surface area contributed by atoms with Crippen LogP contribution in [0.3, 0.4) is 0 Å². The molecule has 1 amide bonds. The average molecular weight is 348 g/mol. The lowest BCUT2D eigenvalue weighted by Crippen LogP contribution is -2.42. The molecule has 7 nitrogen and oxygen atoms in total. The SMILES string of the molecule is CCc1nc(C(=O)N[C@@H](CC(C)C)C(=O)O)nn1-c1ccccc1F. The van der Waals surface area contributed by atoms with Crippen molar-refractivity contribution in [1.82, 2.24) is 20.1 Å². The fourth-order valence-electron chi connectivity index (χ4n) is 2.40. The zero-order valence-corrected chi connectivity index (χ0v) is 14.4. The molecule has 0 aliphatic rings. The molecule has 0 aliphatic carbocycles. The van der Waals surface area contributed by atoms with E-state index in [-0.39, 0.29) is 23.9 Å². The Morgan fingerprint density at radius 2 is 2.00 bits per heavy atom. The summed E-state index contributed by atoms with van der Waals surface area (Å²) in [5.41, 5.74) is 0.183. The van der Waals surface area contributed by atoms with Gasteiger partial charge >= 0.3 is 5.97 Å². The van der Waals surface area contributed by atoms with E-state index in [9.17, 15) is 19.1 Å². The number of carboxylic acids is 1. The predicted molar refractivity (Wildman–Crippen MR) is 89.0 cm³/mol. The number of hydrogen-bond acceptors (Lipinski definition) is 4. The number of nitrogens with one attached hydrogen (secondary N) is 1. The van der Waals surface area contributed by atoms with E-state index in [4.69, 9.17) is 0 Å². The molecular weight excluding hydrogens is 327 g/mol. The van der Waals surface area contributed by atoms with Crippen molar-refractivity contribution in [2.75, 3.05) is 0 Å². The first-order valence-corrected chi connectivity index (χ1v) is 8.08. The van der Waals surface area contributed by atoms with Crippen LogP contribution in [0, 0.1) is 11.7 Å². The van der Waals surface area contributed by atoms with Gasteiger partial charge in [0, 0.05) is 6.42 Å². The Hall–Kier alpha value is -2.77. The summed E-state index contributed by atoms with van der Waals surface area (Å²) in [5.74, 6) is -1.99. The topological polar surface area (TPSA) is 97.1 Å². The minimum Gasteiger partial charge on any atom is -0.480 e. The monoisotopic (exact) mass is 348 g/mol. The normalized spacial score (nSPS) is 12.2. The number of carbonyl (C=O) groups excluding carboxylic acids is 1. The van der Waals surface area contributed by atoms with Crippen molar-refractivity contribution >= 4 is 11.9 Å². The fourth-order valence-corrected chi connectivity index (χ4v) is 2.40. The molecule has 0 unspecified atom stereocenters. The molecule has 8 heteroatoms. The first kappa shape index (κ1) is 18.6. The van der Waals surface area contributed by atoms with E-state index in [1.54, 1.807) is 12.1 Å². The van der Waals surface area contributed by atoms with Crippen LogP contribution in [-0.2, 0) is 11.2 Å². The number of para-hydroxylation sites is 1. The number of aromatic nitrogens is 3. The molecule has 0 aliphatic heterocycles. The summed E-state index contributed by atoms with van der Waals surface area (Å²) in [6.45, 7) is 5.53. The molecule has 2 aromatic rings. The smallest absolute Gasteiger partial charge is 0.326 e. The molecule has 0 saturated heterocycles. The zero-order chi connectivity index (χ0) is 18.6. The predicted octanol–water partition coefficient (Wildman–Crippen LogP) is 2.20. The standard InChI is InChI=1S/C17H21FN4O3/c1-4-14-20-15(16(23)19-12(17(24)25)9-10(2)3)21-22(14)13-8-6-5-7-11(13)18/h5-8,10,12H,4,9H2,1-3H3,(H,19,23)(H,24,25)/t12-/m0/s1. The van der Waals surface area contributed by atoms with Crippen LogP contribution in [0.25, 0.3) is 5.69 Å². The Balaban J connectivity index is 2.29. The van der Waals surface area contributed by atoms with Crippen molar-refractivity contribution in [3.05, 3.63) is 41.7 Å². The van der Waals surface area contributed by atoms with E-state index in [1.165, 1.54) is 16.8 Å². The minimum absolute atomic E-state index is 0.0940. The first-order valence-electron chi connectivity index (χ1n) is 8.08. The van der Waals surface area contributed by atoms with E-state index in [1.807, 2.05) is 20.8 Å². The summed E-state index contributed by atoms with van der Waals surface area (Å²) in [7, 11) is 0. The van der Waals surface area contributed by atoms with Crippen LogP contribution >= 0.6 is 0 Å². The van der Waals surface area contributed by atoms with E-state index >= 15 is 0 Å². The van der Waals surface area contributed by atoms with E-state index in [2.05, 4.69) is 15.4 Å². The highest BCUT2D eigenvalue weighted by molar-refractivity contribution is 5.93. The lowest BCUT2D eigenvalue weighted by molar-refractivity contribution is -0.139. The summed E-state index contributed by atoms with van der Waals surface area (Å²) in [6.07, 6.45) is 0.721. The average Bonchev–Trinajstić information content (AvgIpc) is 2.98. The molecule has 0 bridgehead atoms. The van der Waals surface area contributed by atoms with E-state index < -0.39 is 23.7 Å². The number of hydrogen-bond donors (Lipinski definition) is 2. The van der Waals surface area contributed by atoms with Gasteiger partial charge in [0.1, 0.15) is 23.4 Å². The van der Waals surface area contributed by atoms with Gasteiger partial charge in [-0.2, -0.15) is 0 Å². The maximum Gasteiger partial charge on any atom is 0.326 e. The quantitative estimate of drug-likeness (QED) is 0.799. The van der Waals surface area contributed by atoms with Crippen LogP contribution in [0.4, 0.5) is 4.39 Å². The van der Waals surface area contributed by atoms with Gasteiger partial charge in [0.15, 0.2) is 0 Å². The van der Waals surface area contributed by atoms with Crippen molar-refractivity contribution in [1.29, 1.82) is 0 Å². The molecule has 0 radical (unpaired) electrons. The lowest BCUT2D eigenvalue weighted by atomic mass is 10.0. The van der Waals surface area contributed by atoms with Gasteiger partial charge in [0.05, 0.1) is 0 Å². The van der Waals surface area contributed by atoms with Crippen molar-refractivity contribution in [3.8, 4) is 5.69 Å². The molecule has 2 N–H and O–H groups in total. The third kappa shape index (κ3) is 4.40. The van der Waals surface area contributed by atoms with Crippen LogP contribution in [0.2, 0.25) is 0 Å². The number of benzene rings is 1. The summed E-state index contributed by atoms with van der Waals surface area (Å²) in [6, 6.07) is 5.00. The maximum absolute atomic E-state index is 14.0. The number of aliphatic carboxylic acids is 1. The molecule has 1 heterocycles. The van der Waals surface area contributed by atoms with Crippen molar-refractivity contribution in [2.45, 2.75) is 39.7 Å². The number of carbonyl (C=O) groups is 2. The first-order chi connectivity index (χ1) is 11.8. The van der Waals surface area contributed by atoms with Crippen molar-refractivity contribution < 1.29 is 19.1 Å². The molecular formula is C17H21FN4O3. The molecule has 1 aromatic heterocycles. The molecule has 25 heavy (non-hydrogen) atoms. The fraction of sp³-hybridized carbons (Fsp3) is 0.412. The lowest BCUT2D eigenvalue weighted by Gasteiger charge is -2.15. The second-order valence-electron chi connectivity index (χ2n) is 6.06. The van der Waals surface area contributed by atoms with Gasteiger partial charge in [-0.1, -0.05) is 32.9 Å². The largest absolute Gasteiger partial charge is 0.480 e. The highest BCUT2D eigenvalue weighted by Gasteiger charge is 2.25. The number of aryl methyl sites for hydroxylation is 1. The van der Waals surface area contributed by atoms with Crippen LogP contribution < -0.4 is 5.32 Å². The van der Waals surface area contributed by atoms with Crippen molar-refractivity contribution in [3.63, 3.8) is 0 Å². The molecule has 0 saturated carbocycles. The Kier molecular flexibility index (Phi) is 5.84. The van der Waals surface area contributed by atoms with Crippen LogP contribution in [-0.4, -0.2) is 37.8 Å². The number of halogens is 1. The van der Waals surface area contributed by atoms with Gasteiger partial charge < -0.3 is 10.4 Å². The van der Waals surface area contributed by atoms with Gasteiger partial charge in [0.2, 0.25) is 5.82 Å². The molecule has 1 aromatic carbocycles. The van der Waals surface area contributed by atoms with E-state index in [0.29, 0.717) is 12.2 Å². The number of amides is 1. The van der Waals surface area contributed by atoms with Gasteiger partial charge in [-0.3, -0.25) is 4.79 Å². The highest BCUT2D eigenvalue weighted by atomic mass is 19.1. The van der Waals surface area contributed by atoms with Gasteiger partial charge in [-0.05, 0) is 24.5 Å². The minimum atomic E-state index is -1.12. The molecule has 0 spiro atoms. The Labute approximate surface area is 144 Å². The van der Waals surface area contributed by atoms with E-state index in [0.717, 1.165) is 0 Å². The summed E-state index contributed by atoms with van der Waals surface area (Å²) < 4.78 is 15.3. The van der Waals surface area contributed by atoms with Crippen LogP contribution in [0.5, 0.6) is 0 Å². The number of carboxylic acid groups (broad SMARTS) is 1. The molecule has 2 rings (SSSR count). The van der Waals surface area contributed by atoms with Gasteiger partial charge in [-0.25, -0.2) is 18.9 Å². The molecule has 1 atom stereocenters. The summed E-state index contributed by atoms with van der Waals surface area (Å²) in [4.78, 5) is 27.7. The third-order valence-corrected chi connectivity index (χ3v) is 3.58. The Bertz CT molecular complexity index is 773. The molecule has 134 valence electrons. The summed E-state index contributed by atoms with van der Waals surface area (Å²) >= 11 is 0. The Morgan fingerprint density at radius 1 is 1.32 bits per heavy atom. The Morgan fingerprint density at radius 3 is 2.56 bits per heavy atom. The highest BCUT2D eigenvalue weighted by Crippen LogP contribution is 2.15. The second kappa shape index (κ2) is 7.87. The second-order valence-corrected chi connectivity index (χ2v) is 6.06. The van der Waals surface area contributed by atoms with Gasteiger partial charge in [0.25, 0.3) is 5.91 Å². The maximum atomic E-state index is 14.0. The zero-order valence-electron chi connectivity index (χ0n) is 14.4. The summed E-state index contributed by atoms with van der Waals surface area (Å²) in [5, 5.41) is 15.7. The van der Waals surface area contributed by atoms with Gasteiger partial charge in [-0.15, -0.1) is 5.10 Å². The molecule has 0 fully saturated rings. The van der Waals surface area contributed by atoms with Crippen LogP contribution in [0.1, 0.15) is 43.6 Å². The third-order valence-electron chi connectivity index (χ3n) is 3.58. The van der Waals surface area contributed by atoms with Crippen molar-refractivity contribution in [2.24, 2.45) is 5.92 Å².